The number of pyridine rings is 1. The van der Waals surface area contributed by atoms with E-state index in [9.17, 15) is 0 Å². The smallest absolute Gasteiger partial charge is 0.414 e. The third kappa shape index (κ3) is 7.16. The lowest BCUT2D eigenvalue weighted by Crippen LogP contribution is -2.12. The maximum Gasteiger partial charge on any atom is 0.414 e. The van der Waals surface area contributed by atoms with Crippen LogP contribution in [-0.2, 0) is 22.7 Å². The van der Waals surface area contributed by atoms with E-state index < -0.39 is 11.9 Å². The van der Waals surface area contributed by atoms with Gasteiger partial charge in [-0.15, -0.1) is 0 Å². The van der Waals surface area contributed by atoms with Crippen LogP contribution in [-0.4, -0.2) is 27.1 Å². The molecule has 22 heavy (non-hydrogen) atoms. The van der Waals surface area contributed by atoms with Crippen molar-refractivity contribution in [2.75, 3.05) is 0 Å². The third-order valence-corrected chi connectivity index (χ3v) is 2.65. The molecule has 0 aliphatic heterocycles. The van der Waals surface area contributed by atoms with Gasteiger partial charge < -0.3 is 15.5 Å². The van der Waals surface area contributed by atoms with Gasteiger partial charge in [0, 0.05) is 25.5 Å². The molecule has 0 spiro atoms. The van der Waals surface area contributed by atoms with Gasteiger partial charge in [0.15, 0.2) is 0 Å². The summed E-state index contributed by atoms with van der Waals surface area (Å²) in [5.41, 5.74) is 3.85. The van der Waals surface area contributed by atoms with E-state index >= 15 is 0 Å². The van der Waals surface area contributed by atoms with Crippen LogP contribution in [0.15, 0.2) is 48.8 Å². The first kappa shape index (κ1) is 17.3. The normalized spacial score (nSPS) is 9.50. The number of aryl methyl sites for hydroxylation is 1. The van der Waals surface area contributed by atoms with Crippen LogP contribution in [0.25, 0.3) is 0 Å². The summed E-state index contributed by atoms with van der Waals surface area (Å²) in [6.45, 7) is 3.88. The monoisotopic (exact) mass is 302 g/mol. The SMILES string of the molecule is Cc1cccc(CNCc2cccnc2)c1.O=C(O)C(=O)O. The second-order valence-corrected chi connectivity index (χ2v) is 4.56. The number of rotatable bonds is 4. The number of carbonyl (C=O) groups is 2. The van der Waals surface area contributed by atoms with Crippen molar-refractivity contribution in [3.8, 4) is 0 Å². The summed E-state index contributed by atoms with van der Waals surface area (Å²) < 4.78 is 0. The van der Waals surface area contributed by atoms with Crippen molar-refractivity contribution >= 4 is 11.9 Å². The summed E-state index contributed by atoms with van der Waals surface area (Å²) in [4.78, 5) is 22.3. The Balaban J connectivity index is 0.000000346. The van der Waals surface area contributed by atoms with Crippen molar-refractivity contribution in [1.82, 2.24) is 10.3 Å². The average molecular weight is 302 g/mol. The Morgan fingerprint density at radius 1 is 1.05 bits per heavy atom. The topological polar surface area (TPSA) is 99.5 Å². The fourth-order valence-electron chi connectivity index (χ4n) is 1.68. The van der Waals surface area contributed by atoms with Crippen LogP contribution in [0.1, 0.15) is 16.7 Å². The van der Waals surface area contributed by atoms with Crippen LogP contribution in [0.4, 0.5) is 0 Å². The average Bonchev–Trinajstić information content (AvgIpc) is 2.49. The molecule has 0 fully saturated rings. The molecule has 0 aliphatic rings. The number of nitrogens with zero attached hydrogens (tertiary/aromatic N) is 1. The van der Waals surface area contributed by atoms with Gasteiger partial charge in [0.2, 0.25) is 0 Å². The summed E-state index contributed by atoms with van der Waals surface area (Å²) in [6.07, 6.45) is 3.69. The Morgan fingerprint density at radius 2 is 1.68 bits per heavy atom. The molecule has 1 heterocycles. The number of benzene rings is 1. The number of hydrogen-bond donors (Lipinski definition) is 3. The van der Waals surface area contributed by atoms with E-state index in [2.05, 4.69) is 47.6 Å². The van der Waals surface area contributed by atoms with E-state index in [1.807, 2.05) is 12.3 Å². The van der Waals surface area contributed by atoms with Crippen molar-refractivity contribution in [2.45, 2.75) is 20.0 Å². The Kier molecular flexibility index (Phi) is 7.28. The zero-order valence-electron chi connectivity index (χ0n) is 12.2. The molecule has 0 saturated carbocycles. The van der Waals surface area contributed by atoms with Crippen molar-refractivity contribution in [3.05, 3.63) is 65.5 Å². The molecule has 0 unspecified atom stereocenters. The highest BCUT2D eigenvalue weighted by atomic mass is 16.4. The molecule has 2 aromatic rings. The number of carboxylic acid groups (broad SMARTS) is 2. The van der Waals surface area contributed by atoms with Gasteiger partial charge in [0.05, 0.1) is 0 Å². The number of aliphatic carboxylic acids is 2. The molecule has 0 radical (unpaired) electrons. The first-order chi connectivity index (χ1) is 10.5. The minimum absolute atomic E-state index is 0.863. The zero-order chi connectivity index (χ0) is 16.4. The molecule has 1 aromatic heterocycles. The van der Waals surface area contributed by atoms with E-state index in [1.54, 1.807) is 6.20 Å². The Morgan fingerprint density at radius 3 is 2.23 bits per heavy atom. The number of nitrogens with one attached hydrogen (secondary N) is 1. The van der Waals surface area contributed by atoms with Crippen LogP contribution < -0.4 is 5.32 Å². The van der Waals surface area contributed by atoms with Gasteiger partial charge in [0.1, 0.15) is 0 Å². The van der Waals surface area contributed by atoms with Crippen LogP contribution in [0, 0.1) is 6.92 Å². The quantitative estimate of drug-likeness (QED) is 0.745. The zero-order valence-corrected chi connectivity index (χ0v) is 12.2. The number of hydrogen-bond acceptors (Lipinski definition) is 4. The highest BCUT2D eigenvalue weighted by Gasteiger charge is 2.04. The largest absolute Gasteiger partial charge is 0.473 e. The highest BCUT2D eigenvalue weighted by Crippen LogP contribution is 2.04. The Hall–Kier alpha value is -2.73. The molecular weight excluding hydrogens is 284 g/mol. The molecule has 2 rings (SSSR count). The lowest BCUT2D eigenvalue weighted by Gasteiger charge is -2.05. The molecule has 6 heteroatoms. The second-order valence-electron chi connectivity index (χ2n) is 4.56. The maximum absolute atomic E-state index is 9.10. The van der Waals surface area contributed by atoms with Gasteiger partial charge in [-0.3, -0.25) is 4.98 Å². The van der Waals surface area contributed by atoms with Crippen LogP contribution in [0.5, 0.6) is 0 Å². The summed E-state index contributed by atoms with van der Waals surface area (Å²) in [7, 11) is 0. The van der Waals surface area contributed by atoms with Crippen molar-refractivity contribution in [3.63, 3.8) is 0 Å². The molecule has 3 N–H and O–H groups in total. The molecule has 1 aromatic carbocycles. The lowest BCUT2D eigenvalue weighted by molar-refractivity contribution is -0.159. The fraction of sp³-hybridized carbons (Fsp3) is 0.188. The van der Waals surface area contributed by atoms with Crippen molar-refractivity contribution in [2.24, 2.45) is 0 Å². The Labute approximate surface area is 128 Å². The predicted octanol–water partition coefficient (Wildman–Crippen LogP) is 1.84. The second kappa shape index (κ2) is 9.25. The van der Waals surface area contributed by atoms with Crippen molar-refractivity contribution in [1.29, 1.82) is 0 Å². The highest BCUT2D eigenvalue weighted by molar-refractivity contribution is 6.27. The predicted molar refractivity (Wildman–Crippen MR) is 81.2 cm³/mol. The van der Waals surface area contributed by atoms with E-state index in [-0.39, 0.29) is 0 Å². The minimum atomic E-state index is -1.82. The van der Waals surface area contributed by atoms with Crippen molar-refractivity contribution < 1.29 is 19.8 Å². The van der Waals surface area contributed by atoms with E-state index in [0.717, 1.165) is 13.1 Å². The first-order valence-corrected chi connectivity index (χ1v) is 6.60. The minimum Gasteiger partial charge on any atom is -0.473 e. The van der Waals surface area contributed by atoms with Crippen LogP contribution >= 0.6 is 0 Å². The first-order valence-electron chi connectivity index (χ1n) is 6.60. The molecule has 0 saturated heterocycles. The van der Waals surface area contributed by atoms with E-state index in [1.165, 1.54) is 16.7 Å². The lowest BCUT2D eigenvalue weighted by atomic mass is 10.1. The summed E-state index contributed by atoms with van der Waals surface area (Å²) in [6, 6.07) is 12.6. The summed E-state index contributed by atoms with van der Waals surface area (Å²) in [5.74, 6) is -3.65. The van der Waals surface area contributed by atoms with Crippen LogP contribution in [0.3, 0.4) is 0 Å². The molecule has 0 atom stereocenters. The van der Waals surface area contributed by atoms with Gasteiger partial charge >= 0.3 is 11.9 Å². The van der Waals surface area contributed by atoms with Gasteiger partial charge in [-0.2, -0.15) is 0 Å². The van der Waals surface area contributed by atoms with E-state index in [0.29, 0.717) is 0 Å². The fourth-order valence-corrected chi connectivity index (χ4v) is 1.68. The summed E-state index contributed by atoms with van der Waals surface area (Å²) >= 11 is 0. The van der Waals surface area contributed by atoms with Crippen LogP contribution in [0.2, 0.25) is 0 Å². The molecule has 0 amide bonds. The maximum atomic E-state index is 9.10. The van der Waals surface area contributed by atoms with Gasteiger partial charge in [-0.05, 0) is 24.1 Å². The molecule has 0 bridgehead atoms. The molecular formula is C16H18N2O4. The van der Waals surface area contributed by atoms with Gasteiger partial charge in [-0.1, -0.05) is 35.9 Å². The molecule has 116 valence electrons. The summed E-state index contributed by atoms with van der Waals surface area (Å²) in [5, 5.41) is 18.2. The third-order valence-electron chi connectivity index (χ3n) is 2.65. The molecule has 6 nitrogen and oxygen atoms in total. The van der Waals surface area contributed by atoms with Gasteiger partial charge in [-0.25, -0.2) is 9.59 Å². The standard InChI is InChI=1S/C14H16N2.C2H2O4/c1-12-4-2-5-13(8-12)9-16-11-14-6-3-7-15-10-14;3-1(4)2(5)6/h2-8,10,16H,9,11H2,1H3;(H,3,4)(H,5,6). The number of carboxylic acids is 2. The molecule has 0 aliphatic carbocycles. The van der Waals surface area contributed by atoms with E-state index in [4.69, 9.17) is 19.8 Å². The number of aromatic nitrogens is 1. The Bertz CT molecular complexity index is 603. The van der Waals surface area contributed by atoms with Gasteiger partial charge in [0.25, 0.3) is 0 Å².